The van der Waals surface area contributed by atoms with E-state index >= 15 is 0 Å². The van der Waals surface area contributed by atoms with Crippen LogP contribution in [0, 0.1) is 0 Å². The zero-order valence-electron chi connectivity index (χ0n) is 32.3. The Morgan fingerprint density at radius 2 is 0.883 bits per heavy atom. The third kappa shape index (κ3) is 5.70. The van der Waals surface area contributed by atoms with Gasteiger partial charge in [-0.2, -0.15) is 0 Å². The molecule has 0 spiro atoms. The van der Waals surface area contributed by atoms with Gasteiger partial charge in [0, 0.05) is 53.2 Å². The first-order valence-electron chi connectivity index (χ1n) is 20.2. The third-order valence-electron chi connectivity index (χ3n) is 11.7. The Hall–Kier alpha value is -7.73. The Balaban J connectivity index is 1.04. The van der Waals surface area contributed by atoms with Crippen LogP contribution in [0.4, 0.5) is 0 Å². The molecule has 3 aromatic heterocycles. The van der Waals surface area contributed by atoms with Gasteiger partial charge in [-0.3, -0.25) is 0 Å². The van der Waals surface area contributed by atoms with Crippen molar-refractivity contribution in [3.63, 3.8) is 0 Å². The third-order valence-corrected chi connectivity index (χ3v) is 12.8. The van der Waals surface area contributed by atoms with Crippen molar-refractivity contribution >= 4 is 64.1 Å². The molecule has 4 nitrogen and oxygen atoms in total. The minimum absolute atomic E-state index is 0.615. The lowest BCUT2D eigenvalue weighted by Crippen LogP contribution is -2.02. The normalized spacial score (nSPS) is 11.7. The van der Waals surface area contributed by atoms with Crippen LogP contribution in [0.3, 0.4) is 0 Å². The van der Waals surface area contributed by atoms with Crippen molar-refractivity contribution in [2.75, 3.05) is 0 Å². The molecule has 0 unspecified atom stereocenters. The highest BCUT2D eigenvalue weighted by Crippen LogP contribution is 2.40. The second kappa shape index (κ2) is 14.0. The maximum atomic E-state index is 5.28. The number of benzene rings is 9. The van der Waals surface area contributed by atoms with Gasteiger partial charge in [-0.05, 0) is 57.8 Å². The lowest BCUT2D eigenvalue weighted by molar-refractivity contribution is 1.07. The van der Waals surface area contributed by atoms with Crippen LogP contribution in [0.1, 0.15) is 0 Å². The molecule has 0 aliphatic heterocycles. The Morgan fingerprint density at radius 3 is 1.67 bits per heavy atom. The molecular weight excluding hydrogens is 749 g/mol. The number of nitrogens with zero attached hydrogens (tertiary/aromatic N) is 4. The zero-order valence-corrected chi connectivity index (χ0v) is 33.1. The van der Waals surface area contributed by atoms with E-state index in [4.69, 9.17) is 15.0 Å². The fourth-order valence-electron chi connectivity index (χ4n) is 8.79. The van der Waals surface area contributed by atoms with Crippen molar-refractivity contribution in [2.24, 2.45) is 0 Å². The zero-order chi connectivity index (χ0) is 39.6. The summed E-state index contributed by atoms with van der Waals surface area (Å²) in [5.74, 6) is 1.88. The van der Waals surface area contributed by atoms with Crippen molar-refractivity contribution in [1.82, 2.24) is 19.5 Å². The van der Waals surface area contributed by atoms with Gasteiger partial charge in [-0.1, -0.05) is 176 Å². The molecule has 0 saturated carbocycles. The van der Waals surface area contributed by atoms with E-state index in [1.165, 1.54) is 36.5 Å². The molecule has 60 heavy (non-hydrogen) atoms. The number of thiophene rings is 1. The first kappa shape index (κ1) is 34.3. The van der Waals surface area contributed by atoms with Crippen LogP contribution in [0.5, 0.6) is 0 Å². The van der Waals surface area contributed by atoms with Crippen molar-refractivity contribution in [1.29, 1.82) is 0 Å². The number of fused-ring (bicyclic) bond motifs is 7. The summed E-state index contributed by atoms with van der Waals surface area (Å²) in [5, 5.41) is 7.27. The van der Waals surface area contributed by atoms with Gasteiger partial charge >= 0.3 is 0 Å². The minimum atomic E-state index is 0.615. The quantitative estimate of drug-likeness (QED) is 0.169. The number of aromatic nitrogens is 4. The van der Waals surface area contributed by atoms with E-state index in [-0.39, 0.29) is 0 Å². The lowest BCUT2D eigenvalue weighted by Gasteiger charge is -2.16. The molecule has 12 aromatic rings. The molecule has 0 amide bonds. The van der Waals surface area contributed by atoms with Crippen LogP contribution in [-0.2, 0) is 0 Å². The summed E-state index contributed by atoms with van der Waals surface area (Å²) in [6, 6.07) is 73.4. The van der Waals surface area contributed by atoms with E-state index in [1.54, 1.807) is 0 Å². The van der Waals surface area contributed by atoms with Crippen molar-refractivity contribution in [2.45, 2.75) is 0 Å². The largest absolute Gasteiger partial charge is 0.309 e. The Morgan fingerprint density at radius 1 is 0.317 bits per heavy atom. The summed E-state index contributed by atoms with van der Waals surface area (Å²) in [7, 11) is 0. The second-order valence-electron chi connectivity index (χ2n) is 15.2. The van der Waals surface area contributed by atoms with Crippen molar-refractivity contribution in [3.05, 3.63) is 206 Å². The molecule has 9 aromatic carbocycles. The van der Waals surface area contributed by atoms with E-state index in [2.05, 4.69) is 211 Å². The number of rotatable bonds is 6. The monoisotopic (exact) mass is 782 g/mol. The predicted octanol–water partition coefficient (Wildman–Crippen LogP) is 14.8. The fourth-order valence-corrected chi connectivity index (χ4v) is 9.94. The summed E-state index contributed by atoms with van der Waals surface area (Å²) in [5.41, 5.74) is 10.7. The van der Waals surface area contributed by atoms with Gasteiger partial charge in [0.2, 0.25) is 0 Å². The van der Waals surface area contributed by atoms with Gasteiger partial charge in [0.05, 0.1) is 16.7 Å². The van der Waals surface area contributed by atoms with Gasteiger partial charge in [0.15, 0.2) is 17.5 Å². The minimum Gasteiger partial charge on any atom is -0.309 e. The van der Waals surface area contributed by atoms with Gasteiger partial charge in [0.1, 0.15) is 0 Å². The molecule has 0 aliphatic carbocycles. The summed E-state index contributed by atoms with van der Waals surface area (Å²) >= 11 is 1.84. The fraction of sp³-hybridized carbons (Fsp3) is 0. The molecule has 0 radical (unpaired) electrons. The molecular formula is C55H34N4S. The van der Waals surface area contributed by atoms with E-state index in [0.29, 0.717) is 17.5 Å². The molecule has 0 aliphatic rings. The van der Waals surface area contributed by atoms with E-state index < -0.39 is 0 Å². The van der Waals surface area contributed by atoms with Gasteiger partial charge in [0.25, 0.3) is 0 Å². The van der Waals surface area contributed by atoms with Crippen LogP contribution in [-0.4, -0.2) is 19.5 Å². The van der Waals surface area contributed by atoms with Gasteiger partial charge in [-0.15, -0.1) is 11.3 Å². The lowest BCUT2D eigenvalue weighted by atomic mass is 10.00. The van der Waals surface area contributed by atoms with Gasteiger partial charge in [-0.25, -0.2) is 15.0 Å². The van der Waals surface area contributed by atoms with E-state index in [9.17, 15) is 0 Å². The first-order chi connectivity index (χ1) is 29.7. The number of para-hydroxylation sites is 2. The van der Waals surface area contributed by atoms with Crippen LogP contribution in [0.15, 0.2) is 206 Å². The molecule has 3 heterocycles. The van der Waals surface area contributed by atoms with Crippen molar-refractivity contribution in [3.8, 4) is 62.1 Å². The SMILES string of the molecule is c1ccc(-c2ccc(-c3nc(-c4ccc(-c5ccc6c(c5)sc5ccccc56)cc4)nc(-c4cccc5ccccc45)n3)cc2-n2c3ccccc3c3ccccc32)cc1. The average molecular weight is 783 g/mol. The highest BCUT2D eigenvalue weighted by Gasteiger charge is 2.19. The molecule has 0 fully saturated rings. The Bertz CT molecular complexity index is 3540. The number of hydrogen-bond donors (Lipinski definition) is 0. The van der Waals surface area contributed by atoms with Crippen LogP contribution in [0.25, 0.3) is 115 Å². The summed E-state index contributed by atoms with van der Waals surface area (Å²) in [6.07, 6.45) is 0. The summed E-state index contributed by atoms with van der Waals surface area (Å²) < 4.78 is 4.99. The highest BCUT2D eigenvalue weighted by molar-refractivity contribution is 7.25. The molecule has 0 saturated heterocycles. The van der Waals surface area contributed by atoms with Crippen LogP contribution < -0.4 is 0 Å². The Kier molecular flexibility index (Phi) is 8.00. The Labute approximate surface area is 350 Å². The topological polar surface area (TPSA) is 43.6 Å². The standard InChI is InChI=1S/C55H34N4S/c1-2-13-37(14-3-1)42-31-30-40(33-50(42)59-48-22-9-6-18-43(48)44-19-7-10-23-49(44)59)54-56-53(57-55(58-54)47-21-12-16-36-15-4-5-17-41(36)47)38-27-25-35(26-28-38)39-29-32-46-45-20-8-11-24-51(45)60-52(46)34-39/h1-34H. The van der Waals surface area contributed by atoms with Crippen LogP contribution >= 0.6 is 11.3 Å². The van der Waals surface area contributed by atoms with Crippen molar-refractivity contribution < 1.29 is 0 Å². The smallest absolute Gasteiger partial charge is 0.164 e. The molecule has 280 valence electrons. The maximum absolute atomic E-state index is 5.28. The number of hydrogen-bond acceptors (Lipinski definition) is 4. The van der Waals surface area contributed by atoms with Crippen LogP contribution in [0.2, 0.25) is 0 Å². The maximum Gasteiger partial charge on any atom is 0.164 e. The molecule has 0 atom stereocenters. The van der Waals surface area contributed by atoms with Gasteiger partial charge < -0.3 is 4.57 Å². The summed E-state index contributed by atoms with van der Waals surface area (Å²) in [6.45, 7) is 0. The molecule has 5 heteroatoms. The van der Waals surface area contributed by atoms with E-state index in [0.717, 1.165) is 60.9 Å². The molecule has 0 bridgehead atoms. The summed E-state index contributed by atoms with van der Waals surface area (Å²) in [4.78, 5) is 15.8. The second-order valence-corrected chi connectivity index (χ2v) is 16.3. The highest BCUT2D eigenvalue weighted by atomic mass is 32.1. The predicted molar refractivity (Wildman–Crippen MR) is 252 cm³/mol. The average Bonchev–Trinajstić information content (AvgIpc) is 3.87. The van der Waals surface area contributed by atoms with E-state index in [1.807, 2.05) is 11.3 Å². The molecule has 12 rings (SSSR count). The molecule has 0 N–H and O–H groups in total. The first-order valence-corrected chi connectivity index (χ1v) is 21.0.